The third-order valence-electron chi connectivity index (χ3n) is 3.54. The molecule has 2 heterocycles. The molecule has 5 heteroatoms. The van der Waals surface area contributed by atoms with Crippen LogP contribution < -0.4 is 10.1 Å². The van der Waals surface area contributed by atoms with Gasteiger partial charge in [0.25, 0.3) is 0 Å². The number of likely N-dealkylation sites (N-methyl/N-ethyl adjacent to an activating group) is 1. The van der Waals surface area contributed by atoms with Crippen molar-refractivity contribution in [3.8, 4) is 5.88 Å². The number of hydrogen-bond acceptors (Lipinski definition) is 4. The van der Waals surface area contributed by atoms with Gasteiger partial charge in [-0.15, -0.1) is 0 Å². The van der Waals surface area contributed by atoms with Gasteiger partial charge in [-0.3, -0.25) is 4.90 Å². The Hall–Kier alpha value is -1.07. The van der Waals surface area contributed by atoms with Crippen LogP contribution in [0.2, 0.25) is 0 Å². The molecule has 1 N–H and O–H groups in total. The first-order valence-corrected chi connectivity index (χ1v) is 6.11. The van der Waals surface area contributed by atoms with Gasteiger partial charge in [-0.2, -0.15) is 5.10 Å². The number of aromatic nitrogens is 2. The number of hydrogen-bond donors (Lipinski definition) is 1. The second-order valence-corrected chi connectivity index (χ2v) is 4.71. The molecule has 0 aliphatic carbocycles. The monoisotopic (exact) mass is 238 g/mol. The lowest BCUT2D eigenvalue weighted by atomic mass is 10.2. The maximum absolute atomic E-state index is 5.42. The van der Waals surface area contributed by atoms with E-state index in [1.165, 1.54) is 12.0 Å². The van der Waals surface area contributed by atoms with Gasteiger partial charge in [0, 0.05) is 32.7 Å². The maximum atomic E-state index is 5.42. The zero-order valence-corrected chi connectivity index (χ0v) is 11.2. The van der Waals surface area contributed by atoms with Crippen LogP contribution in [0.5, 0.6) is 5.88 Å². The lowest BCUT2D eigenvalue weighted by Gasteiger charge is -2.16. The number of rotatable bonds is 4. The molecule has 0 radical (unpaired) electrons. The van der Waals surface area contributed by atoms with Crippen molar-refractivity contribution in [3.05, 3.63) is 11.3 Å². The zero-order chi connectivity index (χ0) is 12.4. The van der Waals surface area contributed by atoms with Gasteiger partial charge in [-0.05, 0) is 20.4 Å². The van der Waals surface area contributed by atoms with E-state index in [4.69, 9.17) is 4.74 Å². The highest BCUT2D eigenvalue weighted by Gasteiger charge is 2.24. The molecule has 1 saturated heterocycles. The van der Waals surface area contributed by atoms with Gasteiger partial charge in [0.1, 0.15) is 0 Å². The van der Waals surface area contributed by atoms with Crippen LogP contribution in [0.25, 0.3) is 0 Å². The summed E-state index contributed by atoms with van der Waals surface area (Å²) in [5.74, 6) is 0.885. The second-order valence-electron chi connectivity index (χ2n) is 4.71. The van der Waals surface area contributed by atoms with Crippen LogP contribution in [0.3, 0.4) is 0 Å². The summed E-state index contributed by atoms with van der Waals surface area (Å²) in [5.41, 5.74) is 2.28. The summed E-state index contributed by atoms with van der Waals surface area (Å²) < 4.78 is 7.23. The lowest BCUT2D eigenvalue weighted by molar-refractivity contribution is 0.308. The molecule has 1 unspecified atom stereocenters. The molecular formula is C12H22N4O. The number of ether oxygens (including phenoxy) is 1. The van der Waals surface area contributed by atoms with Crippen molar-refractivity contribution in [3.63, 3.8) is 0 Å². The smallest absolute Gasteiger partial charge is 0.216 e. The summed E-state index contributed by atoms with van der Waals surface area (Å²) in [4.78, 5) is 2.45. The molecule has 0 amide bonds. The van der Waals surface area contributed by atoms with Crippen LogP contribution in [0.15, 0.2) is 0 Å². The Labute approximate surface area is 103 Å². The van der Waals surface area contributed by atoms with Crippen LogP contribution in [-0.2, 0) is 13.6 Å². The van der Waals surface area contributed by atoms with Gasteiger partial charge in [0.05, 0.1) is 18.4 Å². The fraction of sp³-hybridized carbons (Fsp3) is 0.750. The summed E-state index contributed by atoms with van der Waals surface area (Å²) in [6.07, 6.45) is 1.22. The van der Waals surface area contributed by atoms with E-state index in [-0.39, 0.29) is 0 Å². The number of nitrogens with one attached hydrogen (secondary N) is 1. The van der Waals surface area contributed by atoms with Gasteiger partial charge in [-0.1, -0.05) is 0 Å². The summed E-state index contributed by atoms with van der Waals surface area (Å²) in [6, 6.07) is 0.623. The lowest BCUT2D eigenvalue weighted by Crippen LogP contribution is -2.29. The van der Waals surface area contributed by atoms with E-state index >= 15 is 0 Å². The minimum atomic E-state index is 0.623. The average molecular weight is 238 g/mol. The minimum absolute atomic E-state index is 0.623. The highest BCUT2D eigenvalue weighted by molar-refractivity contribution is 5.30. The number of methoxy groups -OCH3 is 1. The van der Waals surface area contributed by atoms with E-state index in [0.29, 0.717) is 6.04 Å². The summed E-state index contributed by atoms with van der Waals surface area (Å²) >= 11 is 0. The molecule has 1 aliphatic rings. The van der Waals surface area contributed by atoms with Crippen molar-refractivity contribution in [2.75, 3.05) is 27.2 Å². The minimum Gasteiger partial charge on any atom is -0.481 e. The Bertz CT molecular complexity index is 388. The van der Waals surface area contributed by atoms with E-state index in [2.05, 4.69) is 15.3 Å². The fourth-order valence-electron chi connectivity index (χ4n) is 2.55. The zero-order valence-electron chi connectivity index (χ0n) is 11.2. The Morgan fingerprint density at radius 3 is 2.88 bits per heavy atom. The predicted molar refractivity (Wildman–Crippen MR) is 67.2 cm³/mol. The standard InChI is InChI=1S/C12H22N4O/c1-9-11(12(17-4)15(3)14-9)8-16-6-5-10(7-16)13-2/h10,13H,5-8H2,1-4H3. The number of likely N-dealkylation sites (tertiary alicyclic amines) is 1. The van der Waals surface area contributed by atoms with Gasteiger partial charge < -0.3 is 10.1 Å². The normalized spacial score (nSPS) is 21.1. The predicted octanol–water partition coefficient (Wildman–Crippen LogP) is 0.531. The average Bonchev–Trinajstić information content (AvgIpc) is 2.85. The molecule has 1 aromatic rings. The Morgan fingerprint density at radius 2 is 2.29 bits per heavy atom. The molecule has 0 saturated carbocycles. The first kappa shape index (κ1) is 12.4. The molecule has 1 atom stereocenters. The van der Waals surface area contributed by atoms with Gasteiger partial charge >= 0.3 is 0 Å². The van der Waals surface area contributed by atoms with Crippen LogP contribution in [0.4, 0.5) is 0 Å². The van der Waals surface area contributed by atoms with E-state index in [1.807, 2.05) is 25.7 Å². The summed E-state index contributed by atoms with van der Waals surface area (Å²) in [6.45, 7) is 5.22. The third-order valence-corrected chi connectivity index (χ3v) is 3.54. The fourth-order valence-corrected chi connectivity index (χ4v) is 2.55. The quantitative estimate of drug-likeness (QED) is 0.831. The topological polar surface area (TPSA) is 42.3 Å². The molecule has 0 bridgehead atoms. The molecule has 96 valence electrons. The van der Waals surface area contributed by atoms with Crippen molar-refractivity contribution in [1.29, 1.82) is 0 Å². The molecular weight excluding hydrogens is 216 g/mol. The number of nitrogens with zero attached hydrogens (tertiary/aromatic N) is 3. The molecule has 17 heavy (non-hydrogen) atoms. The molecule has 0 aromatic carbocycles. The third kappa shape index (κ3) is 2.45. The molecule has 1 aromatic heterocycles. The van der Waals surface area contributed by atoms with Crippen molar-refractivity contribution in [1.82, 2.24) is 20.0 Å². The van der Waals surface area contributed by atoms with Crippen LogP contribution in [0.1, 0.15) is 17.7 Å². The van der Waals surface area contributed by atoms with Crippen molar-refractivity contribution >= 4 is 0 Å². The van der Waals surface area contributed by atoms with Gasteiger partial charge in [-0.25, -0.2) is 4.68 Å². The number of aryl methyl sites for hydroxylation is 2. The molecule has 5 nitrogen and oxygen atoms in total. The van der Waals surface area contributed by atoms with E-state index in [9.17, 15) is 0 Å². The molecule has 1 aliphatic heterocycles. The van der Waals surface area contributed by atoms with Crippen molar-refractivity contribution < 1.29 is 4.74 Å². The van der Waals surface area contributed by atoms with E-state index in [1.54, 1.807) is 7.11 Å². The first-order valence-electron chi connectivity index (χ1n) is 6.11. The first-order chi connectivity index (χ1) is 8.15. The van der Waals surface area contributed by atoms with Crippen LogP contribution >= 0.6 is 0 Å². The van der Waals surface area contributed by atoms with Crippen molar-refractivity contribution in [2.45, 2.75) is 25.9 Å². The molecule has 0 spiro atoms. The largest absolute Gasteiger partial charge is 0.481 e. The van der Waals surface area contributed by atoms with E-state index < -0.39 is 0 Å². The summed E-state index contributed by atoms with van der Waals surface area (Å²) in [5, 5.41) is 7.75. The highest BCUT2D eigenvalue weighted by Crippen LogP contribution is 2.24. The Morgan fingerprint density at radius 1 is 1.53 bits per heavy atom. The van der Waals surface area contributed by atoms with Gasteiger partial charge in [0.2, 0.25) is 5.88 Å². The van der Waals surface area contributed by atoms with Crippen molar-refractivity contribution in [2.24, 2.45) is 7.05 Å². The second kappa shape index (κ2) is 5.06. The maximum Gasteiger partial charge on any atom is 0.216 e. The Kier molecular flexibility index (Phi) is 3.69. The Balaban J connectivity index is 2.08. The van der Waals surface area contributed by atoms with Crippen LogP contribution in [-0.4, -0.2) is 48.0 Å². The highest BCUT2D eigenvalue weighted by atomic mass is 16.5. The van der Waals surface area contributed by atoms with Crippen LogP contribution in [0, 0.1) is 6.92 Å². The molecule has 2 rings (SSSR count). The van der Waals surface area contributed by atoms with Gasteiger partial charge in [0.15, 0.2) is 0 Å². The summed E-state index contributed by atoms with van der Waals surface area (Å²) in [7, 11) is 5.67. The van der Waals surface area contributed by atoms with E-state index in [0.717, 1.165) is 31.2 Å². The SMILES string of the molecule is CNC1CCN(Cc2c(C)nn(C)c2OC)C1. The molecule has 1 fully saturated rings.